The van der Waals surface area contributed by atoms with Gasteiger partial charge in [-0.3, -0.25) is 4.79 Å². The number of aromatic hydroxyl groups is 1. The molecule has 3 heteroatoms. The standard InChI is InChI=1S/C18H21NO2/c1-5-19(17-11-15(20)9-8-14(17)4)18(21)16-10-12(2)6-7-13(16)3/h6-11,20H,5H2,1-4H3. The summed E-state index contributed by atoms with van der Waals surface area (Å²) < 4.78 is 0. The largest absolute Gasteiger partial charge is 0.508 e. The molecule has 0 spiro atoms. The Balaban J connectivity index is 2.48. The first-order valence-electron chi connectivity index (χ1n) is 7.12. The second-order valence-electron chi connectivity index (χ2n) is 5.34. The first-order valence-corrected chi connectivity index (χ1v) is 7.12. The number of amides is 1. The molecule has 0 radical (unpaired) electrons. The molecule has 0 aliphatic heterocycles. The molecule has 110 valence electrons. The van der Waals surface area contributed by atoms with E-state index in [2.05, 4.69) is 0 Å². The first-order chi connectivity index (χ1) is 9.93. The van der Waals surface area contributed by atoms with E-state index in [1.54, 1.807) is 17.0 Å². The minimum absolute atomic E-state index is 0.0348. The fraction of sp³-hybridized carbons (Fsp3) is 0.278. The number of phenols is 1. The van der Waals surface area contributed by atoms with Crippen LogP contribution in [0.3, 0.4) is 0 Å². The quantitative estimate of drug-likeness (QED) is 0.925. The number of phenolic OH excluding ortho intramolecular Hbond substituents is 1. The second kappa shape index (κ2) is 6.00. The maximum absolute atomic E-state index is 12.9. The lowest BCUT2D eigenvalue weighted by Gasteiger charge is -2.24. The number of aryl methyl sites for hydroxylation is 3. The van der Waals surface area contributed by atoms with Crippen molar-refractivity contribution in [2.75, 3.05) is 11.4 Å². The van der Waals surface area contributed by atoms with E-state index in [1.807, 2.05) is 52.0 Å². The highest BCUT2D eigenvalue weighted by atomic mass is 16.3. The molecule has 0 bridgehead atoms. The Bertz CT molecular complexity index is 677. The summed E-state index contributed by atoms with van der Waals surface area (Å²) in [6.07, 6.45) is 0. The third-order valence-corrected chi connectivity index (χ3v) is 3.67. The van der Waals surface area contributed by atoms with Gasteiger partial charge >= 0.3 is 0 Å². The molecule has 1 N–H and O–H groups in total. The van der Waals surface area contributed by atoms with E-state index in [4.69, 9.17) is 0 Å². The summed E-state index contributed by atoms with van der Waals surface area (Å²) in [6, 6.07) is 11.0. The summed E-state index contributed by atoms with van der Waals surface area (Å²) in [5.41, 5.74) is 4.45. The van der Waals surface area contributed by atoms with Crippen LogP contribution < -0.4 is 4.90 Å². The van der Waals surface area contributed by atoms with Crippen molar-refractivity contribution in [1.82, 2.24) is 0 Å². The molecule has 3 nitrogen and oxygen atoms in total. The van der Waals surface area contributed by atoms with Crippen molar-refractivity contribution in [3.63, 3.8) is 0 Å². The lowest BCUT2D eigenvalue weighted by Crippen LogP contribution is -2.31. The summed E-state index contributed by atoms with van der Waals surface area (Å²) >= 11 is 0. The number of anilines is 1. The summed E-state index contributed by atoms with van der Waals surface area (Å²) in [5, 5.41) is 9.70. The molecule has 0 heterocycles. The van der Waals surface area contributed by atoms with Crippen molar-refractivity contribution in [2.24, 2.45) is 0 Å². The second-order valence-corrected chi connectivity index (χ2v) is 5.34. The highest BCUT2D eigenvalue weighted by molar-refractivity contribution is 6.07. The molecule has 0 atom stereocenters. The van der Waals surface area contributed by atoms with E-state index >= 15 is 0 Å². The Morgan fingerprint density at radius 1 is 1.05 bits per heavy atom. The zero-order valence-corrected chi connectivity index (χ0v) is 13.0. The van der Waals surface area contributed by atoms with Gasteiger partial charge in [0.1, 0.15) is 5.75 Å². The summed E-state index contributed by atoms with van der Waals surface area (Å²) in [4.78, 5) is 14.6. The Labute approximate surface area is 125 Å². The van der Waals surface area contributed by atoms with Gasteiger partial charge < -0.3 is 10.0 Å². The molecule has 0 aromatic heterocycles. The Hall–Kier alpha value is -2.29. The summed E-state index contributed by atoms with van der Waals surface area (Å²) in [6.45, 7) is 8.35. The van der Waals surface area contributed by atoms with Crippen molar-refractivity contribution < 1.29 is 9.90 Å². The minimum Gasteiger partial charge on any atom is -0.508 e. The lowest BCUT2D eigenvalue weighted by atomic mass is 10.0. The average molecular weight is 283 g/mol. The average Bonchev–Trinajstić information content (AvgIpc) is 2.46. The number of carbonyl (C=O) groups excluding carboxylic acids is 1. The van der Waals surface area contributed by atoms with Crippen LogP contribution in [-0.4, -0.2) is 17.6 Å². The normalized spacial score (nSPS) is 10.5. The van der Waals surface area contributed by atoms with E-state index < -0.39 is 0 Å². The molecule has 0 aliphatic carbocycles. The highest BCUT2D eigenvalue weighted by Crippen LogP contribution is 2.27. The third kappa shape index (κ3) is 3.07. The highest BCUT2D eigenvalue weighted by Gasteiger charge is 2.19. The Kier molecular flexibility index (Phi) is 4.32. The van der Waals surface area contributed by atoms with Crippen LogP contribution >= 0.6 is 0 Å². The van der Waals surface area contributed by atoms with Gasteiger partial charge in [0.15, 0.2) is 0 Å². The number of rotatable bonds is 3. The number of hydrogen-bond acceptors (Lipinski definition) is 2. The molecule has 2 aromatic rings. The smallest absolute Gasteiger partial charge is 0.258 e. The number of carbonyl (C=O) groups is 1. The molecule has 0 aliphatic rings. The van der Waals surface area contributed by atoms with Crippen molar-refractivity contribution in [1.29, 1.82) is 0 Å². The van der Waals surface area contributed by atoms with Crippen LogP contribution in [0.2, 0.25) is 0 Å². The number of nitrogens with zero attached hydrogens (tertiary/aromatic N) is 1. The molecular formula is C18H21NO2. The van der Waals surface area contributed by atoms with Crippen LogP contribution in [0.4, 0.5) is 5.69 Å². The van der Waals surface area contributed by atoms with Crippen molar-refractivity contribution in [3.05, 3.63) is 58.7 Å². The molecule has 0 saturated heterocycles. The van der Waals surface area contributed by atoms with Gasteiger partial charge in [0.25, 0.3) is 5.91 Å². The Morgan fingerprint density at radius 3 is 2.38 bits per heavy atom. The fourth-order valence-corrected chi connectivity index (χ4v) is 2.42. The third-order valence-electron chi connectivity index (χ3n) is 3.67. The van der Waals surface area contributed by atoms with Gasteiger partial charge in [-0.2, -0.15) is 0 Å². The molecule has 21 heavy (non-hydrogen) atoms. The van der Waals surface area contributed by atoms with E-state index in [-0.39, 0.29) is 11.7 Å². The van der Waals surface area contributed by atoms with E-state index in [1.165, 1.54) is 0 Å². The Morgan fingerprint density at radius 2 is 1.71 bits per heavy atom. The van der Waals surface area contributed by atoms with Gasteiger partial charge in [0, 0.05) is 18.2 Å². The fourth-order valence-electron chi connectivity index (χ4n) is 2.42. The van der Waals surface area contributed by atoms with Crippen molar-refractivity contribution in [2.45, 2.75) is 27.7 Å². The van der Waals surface area contributed by atoms with E-state index in [9.17, 15) is 9.90 Å². The van der Waals surface area contributed by atoms with Crippen LogP contribution in [0.15, 0.2) is 36.4 Å². The molecule has 2 aromatic carbocycles. The molecule has 1 amide bonds. The molecule has 2 rings (SSSR count). The SMILES string of the molecule is CCN(C(=O)c1cc(C)ccc1C)c1cc(O)ccc1C. The summed E-state index contributed by atoms with van der Waals surface area (Å²) in [5.74, 6) is 0.134. The predicted molar refractivity (Wildman–Crippen MR) is 86.1 cm³/mol. The molecule has 0 unspecified atom stereocenters. The van der Waals surface area contributed by atoms with Gasteiger partial charge in [-0.1, -0.05) is 23.8 Å². The van der Waals surface area contributed by atoms with Crippen LogP contribution in [0.1, 0.15) is 34.0 Å². The van der Waals surface area contributed by atoms with Crippen LogP contribution in [-0.2, 0) is 0 Å². The lowest BCUT2D eigenvalue weighted by molar-refractivity contribution is 0.0987. The molecular weight excluding hydrogens is 262 g/mol. The summed E-state index contributed by atoms with van der Waals surface area (Å²) in [7, 11) is 0. The maximum Gasteiger partial charge on any atom is 0.258 e. The maximum atomic E-state index is 12.9. The van der Waals surface area contributed by atoms with Crippen molar-refractivity contribution >= 4 is 11.6 Å². The first kappa shape index (κ1) is 15.1. The van der Waals surface area contributed by atoms with Crippen LogP contribution in [0.25, 0.3) is 0 Å². The van der Waals surface area contributed by atoms with Gasteiger partial charge in [0.05, 0.1) is 5.69 Å². The molecule has 0 fully saturated rings. The van der Waals surface area contributed by atoms with Gasteiger partial charge in [-0.05, 0) is 51.0 Å². The van der Waals surface area contributed by atoms with Crippen LogP contribution in [0, 0.1) is 20.8 Å². The monoisotopic (exact) mass is 283 g/mol. The predicted octanol–water partition coefficient (Wildman–Crippen LogP) is 3.98. The number of hydrogen-bond donors (Lipinski definition) is 1. The van der Waals surface area contributed by atoms with Gasteiger partial charge in [-0.15, -0.1) is 0 Å². The van der Waals surface area contributed by atoms with Crippen LogP contribution in [0.5, 0.6) is 5.75 Å². The van der Waals surface area contributed by atoms with Gasteiger partial charge in [-0.25, -0.2) is 0 Å². The van der Waals surface area contributed by atoms with E-state index in [0.717, 1.165) is 22.4 Å². The van der Waals surface area contributed by atoms with Crippen molar-refractivity contribution in [3.8, 4) is 5.75 Å². The van der Waals surface area contributed by atoms with Gasteiger partial charge in [0.2, 0.25) is 0 Å². The topological polar surface area (TPSA) is 40.5 Å². The zero-order chi connectivity index (χ0) is 15.6. The zero-order valence-electron chi connectivity index (χ0n) is 13.0. The number of benzene rings is 2. The minimum atomic E-state index is -0.0348. The van der Waals surface area contributed by atoms with E-state index in [0.29, 0.717) is 12.1 Å². The molecule has 0 saturated carbocycles.